The molecule has 0 heterocycles. The van der Waals surface area contributed by atoms with Crippen LogP contribution in [0.25, 0.3) is 0 Å². The van der Waals surface area contributed by atoms with E-state index in [1.54, 1.807) is 0 Å². The Hall–Kier alpha value is -0.193. The lowest BCUT2D eigenvalue weighted by atomic mass is 10.2. The van der Waals surface area contributed by atoms with E-state index < -0.39 is 14.3 Å². The van der Waals surface area contributed by atoms with Gasteiger partial charge < -0.3 is 13.6 Å². The van der Waals surface area contributed by atoms with Gasteiger partial charge in [0.2, 0.25) is 0 Å². The van der Waals surface area contributed by atoms with Gasteiger partial charge in [0.15, 0.2) is 0 Å². The summed E-state index contributed by atoms with van der Waals surface area (Å²) in [5.74, 6) is 0. The lowest BCUT2D eigenvalue weighted by Crippen LogP contribution is -2.36. The SMILES string of the molecule is CCO[SiH](OCC)C(C)(C)C=O. The van der Waals surface area contributed by atoms with Crippen molar-refractivity contribution < 1.29 is 13.6 Å². The van der Waals surface area contributed by atoms with Crippen molar-refractivity contribution in [1.82, 2.24) is 0 Å². The maximum absolute atomic E-state index is 10.7. The predicted molar refractivity (Wildman–Crippen MR) is 50.5 cm³/mol. The van der Waals surface area contributed by atoms with Crippen LogP contribution in [0.1, 0.15) is 27.7 Å². The average molecular weight is 190 g/mol. The highest BCUT2D eigenvalue weighted by Gasteiger charge is 2.33. The Bertz CT molecular complexity index is 130. The van der Waals surface area contributed by atoms with Crippen molar-refractivity contribution in [1.29, 1.82) is 0 Å². The van der Waals surface area contributed by atoms with Gasteiger partial charge in [-0.2, -0.15) is 0 Å². The second kappa shape index (κ2) is 5.45. The molecule has 3 nitrogen and oxygen atoms in total. The van der Waals surface area contributed by atoms with Crippen LogP contribution in [0, 0.1) is 0 Å². The van der Waals surface area contributed by atoms with E-state index in [9.17, 15) is 4.79 Å². The first kappa shape index (κ1) is 11.8. The Balaban J connectivity index is 4.16. The van der Waals surface area contributed by atoms with Crippen LogP contribution in [0.2, 0.25) is 5.04 Å². The molecule has 0 fully saturated rings. The van der Waals surface area contributed by atoms with Crippen LogP contribution in [-0.4, -0.2) is 28.8 Å². The number of carbonyl (C=O) groups excluding carboxylic acids is 1. The summed E-state index contributed by atoms with van der Waals surface area (Å²) >= 11 is 0. The third-order valence-corrected chi connectivity index (χ3v) is 4.17. The van der Waals surface area contributed by atoms with E-state index >= 15 is 0 Å². The first-order valence-corrected chi connectivity index (χ1v) is 5.80. The first-order valence-electron chi connectivity index (χ1n) is 4.28. The molecule has 0 rings (SSSR count). The van der Waals surface area contributed by atoms with E-state index in [2.05, 4.69) is 0 Å². The number of hydrogen-bond donors (Lipinski definition) is 0. The molecule has 0 N–H and O–H groups in total. The largest absolute Gasteiger partial charge is 0.396 e. The first-order chi connectivity index (χ1) is 5.58. The van der Waals surface area contributed by atoms with Gasteiger partial charge in [-0.3, -0.25) is 0 Å². The highest BCUT2D eigenvalue weighted by molar-refractivity contribution is 6.52. The average Bonchev–Trinajstić information content (AvgIpc) is 2.04. The van der Waals surface area contributed by atoms with Crippen LogP contribution in [0.15, 0.2) is 0 Å². The molecule has 0 unspecified atom stereocenters. The number of carbonyl (C=O) groups is 1. The molecule has 0 aromatic carbocycles. The van der Waals surface area contributed by atoms with Crippen LogP contribution in [-0.2, 0) is 13.6 Å². The summed E-state index contributed by atoms with van der Waals surface area (Å²) in [6.45, 7) is 8.80. The maximum Gasteiger partial charge on any atom is 0.334 e. The lowest BCUT2D eigenvalue weighted by Gasteiger charge is -2.25. The van der Waals surface area contributed by atoms with Gasteiger partial charge >= 0.3 is 9.28 Å². The minimum atomic E-state index is -1.81. The molecule has 0 amide bonds. The molecule has 0 saturated heterocycles. The summed E-state index contributed by atoms with van der Waals surface area (Å²) < 4.78 is 10.8. The molecule has 0 bridgehead atoms. The Morgan fingerprint density at radius 2 is 1.67 bits per heavy atom. The van der Waals surface area contributed by atoms with Crippen LogP contribution < -0.4 is 0 Å². The van der Waals surface area contributed by atoms with Gasteiger partial charge in [0.05, 0.1) is 5.04 Å². The monoisotopic (exact) mass is 190 g/mol. The van der Waals surface area contributed by atoms with Crippen molar-refractivity contribution in [3.8, 4) is 0 Å². The van der Waals surface area contributed by atoms with Gasteiger partial charge in [0.1, 0.15) is 6.29 Å². The van der Waals surface area contributed by atoms with Crippen molar-refractivity contribution in [2.45, 2.75) is 32.7 Å². The van der Waals surface area contributed by atoms with Crippen molar-refractivity contribution in [3.63, 3.8) is 0 Å². The van der Waals surface area contributed by atoms with Crippen molar-refractivity contribution in [3.05, 3.63) is 0 Å². The molecule has 0 radical (unpaired) electrons. The Kier molecular flexibility index (Phi) is 5.36. The van der Waals surface area contributed by atoms with Crippen LogP contribution in [0.4, 0.5) is 0 Å². The van der Waals surface area contributed by atoms with Crippen molar-refractivity contribution in [2.24, 2.45) is 0 Å². The zero-order valence-corrected chi connectivity index (χ0v) is 9.45. The topological polar surface area (TPSA) is 35.5 Å². The van der Waals surface area contributed by atoms with E-state index in [-0.39, 0.29) is 0 Å². The number of aldehydes is 1. The van der Waals surface area contributed by atoms with Gasteiger partial charge in [0.25, 0.3) is 0 Å². The highest BCUT2D eigenvalue weighted by atomic mass is 28.3. The van der Waals surface area contributed by atoms with Crippen LogP contribution >= 0.6 is 0 Å². The molecule has 0 saturated carbocycles. The number of hydrogen-bond acceptors (Lipinski definition) is 3. The standard InChI is InChI=1S/C8H18O3Si/c1-5-10-12(11-6-2)8(3,4)7-9/h7,12H,5-6H2,1-4H3. The molecule has 0 aliphatic carbocycles. The molecule has 0 aliphatic heterocycles. The summed E-state index contributed by atoms with van der Waals surface area (Å²) in [6, 6.07) is 0. The maximum atomic E-state index is 10.7. The Morgan fingerprint density at radius 1 is 1.25 bits per heavy atom. The summed E-state index contributed by atoms with van der Waals surface area (Å²) in [7, 11) is -1.81. The zero-order chi connectivity index (χ0) is 9.61. The minimum absolute atomic E-state index is 0.425. The second-order valence-electron chi connectivity index (χ2n) is 3.18. The molecule has 0 aromatic heterocycles. The van der Waals surface area contributed by atoms with Crippen molar-refractivity contribution in [2.75, 3.05) is 13.2 Å². The van der Waals surface area contributed by atoms with Crippen LogP contribution in [0.5, 0.6) is 0 Å². The quantitative estimate of drug-likeness (QED) is 0.467. The van der Waals surface area contributed by atoms with Gasteiger partial charge in [-0.1, -0.05) is 13.8 Å². The molecular formula is C8H18O3Si. The Labute approximate surface area is 75.9 Å². The summed E-state index contributed by atoms with van der Waals surface area (Å²) in [6.07, 6.45) is 0.926. The normalized spacial score (nSPS) is 12.1. The third kappa shape index (κ3) is 3.47. The van der Waals surface area contributed by atoms with Crippen LogP contribution in [0.3, 0.4) is 0 Å². The van der Waals surface area contributed by atoms with Gasteiger partial charge in [-0.15, -0.1) is 0 Å². The molecule has 0 atom stereocenters. The van der Waals surface area contributed by atoms with Gasteiger partial charge in [-0.05, 0) is 13.8 Å². The predicted octanol–water partition coefficient (Wildman–Crippen LogP) is 1.26. The highest BCUT2D eigenvalue weighted by Crippen LogP contribution is 2.25. The number of rotatable bonds is 6. The molecule has 12 heavy (non-hydrogen) atoms. The fourth-order valence-electron chi connectivity index (χ4n) is 0.836. The third-order valence-electron chi connectivity index (χ3n) is 1.55. The summed E-state index contributed by atoms with van der Waals surface area (Å²) in [5.41, 5.74) is 0. The van der Waals surface area contributed by atoms with E-state index in [1.807, 2.05) is 27.7 Å². The second-order valence-corrected chi connectivity index (χ2v) is 6.00. The van der Waals surface area contributed by atoms with Crippen molar-refractivity contribution >= 4 is 15.6 Å². The fourth-order valence-corrected chi connectivity index (χ4v) is 2.51. The molecule has 4 heteroatoms. The smallest absolute Gasteiger partial charge is 0.334 e. The van der Waals surface area contributed by atoms with Gasteiger partial charge in [-0.25, -0.2) is 0 Å². The molecule has 0 aromatic rings. The van der Waals surface area contributed by atoms with E-state index in [4.69, 9.17) is 8.85 Å². The van der Waals surface area contributed by atoms with E-state index in [0.29, 0.717) is 13.2 Å². The molecule has 72 valence electrons. The molecule has 0 spiro atoms. The fraction of sp³-hybridized carbons (Fsp3) is 0.875. The molecule has 0 aliphatic rings. The summed E-state index contributed by atoms with van der Waals surface area (Å²) in [5, 5.41) is -0.425. The lowest BCUT2D eigenvalue weighted by molar-refractivity contribution is -0.110. The molecular weight excluding hydrogens is 172 g/mol. The Morgan fingerprint density at radius 3 is 1.92 bits per heavy atom. The summed E-state index contributed by atoms with van der Waals surface area (Å²) in [4.78, 5) is 10.7. The minimum Gasteiger partial charge on any atom is -0.396 e. The van der Waals surface area contributed by atoms with E-state index in [0.717, 1.165) is 6.29 Å². The zero-order valence-electron chi connectivity index (χ0n) is 8.29. The van der Waals surface area contributed by atoms with Gasteiger partial charge in [0, 0.05) is 13.2 Å². The van der Waals surface area contributed by atoms with E-state index in [1.165, 1.54) is 0 Å².